The van der Waals surface area contributed by atoms with E-state index in [4.69, 9.17) is 0 Å². The van der Waals surface area contributed by atoms with Gasteiger partial charge >= 0.3 is 0 Å². The Kier molecular flexibility index (Phi) is 5.27. The third-order valence-corrected chi connectivity index (χ3v) is 5.77. The smallest absolute Gasteiger partial charge is 0.270 e. The van der Waals surface area contributed by atoms with Gasteiger partial charge in [-0.15, -0.1) is 0 Å². The van der Waals surface area contributed by atoms with Crippen LogP contribution >= 0.6 is 0 Å². The van der Waals surface area contributed by atoms with E-state index in [0.717, 1.165) is 5.56 Å². The molecule has 1 aliphatic heterocycles. The summed E-state index contributed by atoms with van der Waals surface area (Å²) >= 11 is 0. The predicted octanol–water partition coefficient (Wildman–Crippen LogP) is 0.324. The fraction of sp³-hybridized carbons (Fsp3) is 0.294. The Hall–Kier alpha value is -2.81. The summed E-state index contributed by atoms with van der Waals surface area (Å²) in [6, 6.07) is 6.07. The van der Waals surface area contributed by atoms with Crippen LogP contribution in [-0.2, 0) is 16.4 Å². The van der Waals surface area contributed by atoms with Gasteiger partial charge in [0.05, 0.1) is 11.5 Å². The zero-order valence-electron chi connectivity index (χ0n) is 13.9. The monoisotopic (exact) mass is 374 g/mol. The average molecular weight is 374 g/mol. The van der Waals surface area contributed by atoms with Crippen LogP contribution in [-0.4, -0.2) is 47.7 Å². The Labute approximate surface area is 151 Å². The number of nitrogens with zero attached hydrogens (tertiary/aromatic N) is 2. The van der Waals surface area contributed by atoms with E-state index in [1.807, 2.05) is 6.07 Å². The molecule has 0 spiro atoms. The van der Waals surface area contributed by atoms with E-state index < -0.39 is 27.7 Å². The molecule has 3 rings (SSSR count). The molecule has 1 unspecified atom stereocenters. The van der Waals surface area contributed by atoms with Crippen LogP contribution in [0.1, 0.15) is 32.8 Å². The highest BCUT2D eigenvalue weighted by molar-refractivity contribution is 7.91. The number of aromatic nitrogens is 2. The highest BCUT2D eigenvalue weighted by Crippen LogP contribution is 2.12. The van der Waals surface area contributed by atoms with Gasteiger partial charge in [0.25, 0.3) is 11.8 Å². The second-order valence-corrected chi connectivity index (χ2v) is 8.28. The van der Waals surface area contributed by atoms with Crippen molar-refractivity contribution >= 4 is 21.7 Å². The largest absolute Gasteiger partial charge is 0.348 e. The SMILES string of the molecule is O=C(NC1CCS(=O)(=O)C1)c1ccnc(C(=O)NCc2cccnc2)c1. The zero-order chi connectivity index (χ0) is 18.6. The third-order valence-electron chi connectivity index (χ3n) is 4.00. The molecule has 0 radical (unpaired) electrons. The summed E-state index contributed by atoms with van der Waals surface area (Å²) < 4.78 is 22.9. The maximum Gasteiger partial charge on any atom is 0.270 e. The summed E-state index contributed by atoms with van der Waals surface area (Å²) in [5.41, 5.74) is 1.22. The number of rotatable bonds is 5. The Morgan fingerprint density at radius 3 is 2.73 bits per heavy atom. The van der Waals surface area contributed by atoms with Gasteiger partial charge in [0.2, 0.25) is 0 Å². The lowest BCUT2D eigenvalue weighted by atomic mass is 10.2. The van der Waals surface area contributed by atoms with Crippen molar-refractivity contribution in [2.75, 3.05) is 11.5 Å². The van der Waals surface area contributed by atoms with Gasteiger partial charge in [-0.25, -0.2) is 8.42 Å². The molecule has 3 heterocycles. The van der Waals surface area contributed by atoms with Gasteiger partial charge in [0.15, 0.2) is 9.84 Å². The van der Waals surface area contributed by atoms with Gasteiger partial charge < -0.3 is 10.6 Å². The molecule has 1 aliphatic rings. The maximum absolute atomic E-state index is 12.3. The molecule has 2 aromatic rings. The maximum atomic E-state index is 12.3. The molecule has 8 nitrogen and oxygen atoms in total. The number of sulfone groups is 1. The lowest BCUT2D eigenvalue weighted by molar-refractivity contribution is 0.0941. The summed E-state index contributed by atoms with van der Waals surface area (Å²) in [4.78, 5) is 32.5. The van der Waals surface area contributed by atoms with Crippen LogP contribution in [0.3, 0.4) is 0 Å². The minimum absolute atomic E-state index is 0.0533. The molecule has 26 heavy (non-hydrogen) atoms. The topological polar surface area (TPSA) is 118 Å². The Balaban J connectivity index is 1.62. The lowest BCUT2D eigenvalue weighted by Gasteiger charge is -2.11. The first-order valence-electron chi connectivity index (χ1n) is 8.07. The molecule has 2 N–H and O–H groups in total. The van der Waals surface area contributed by atoms with Crippen molar-refractivity contribution in [3.05, 3.63) is 59.7 Å². The molecule has 0 bridgehead atoms. The predicted molar refractivity (Wildman–Crippen MR) is 94.2 cm³/mol. The van der Waals surface area contributed by atoms with E-state index in [1.165, 1.54) is 18.3 Å². The molecule has 9 heteroatoms. The third kappa shape index (κ3) is 4.63. The summed E-state index contributed by atoms with van der Waals surface area (Å²) in [7, 11) is -3.07. The van der Waals surface area contributed by atoms with Gasteiger partial charge in [0.1, 0.15) is 5.69 Å². The molecular weight excluding hydrogens is 356 g/mol. The second-order valence-electron chi connectivity index (χ2n) is 6.05. The molecule has 0 aliphatic carbocycles. The highest BCUT2D eigenvalue weighted by atomic mass is 32.2. The van der Waals surface area contributed by atoms with Gasteiger partial charge in [-0.1, -0.05) is 6.07 Å². The number of hydrogen-bond donors (Lipinski definition) is 2. The van der Waals surface area contributed by atoms with Crippen molar-refractivity contribution in [1.82, 2.24) is 20.6 Å². The fourth-order valence-electron chi connectivity index (χ4n) is 2.65. The van der Waals surface area contributed by atoms with Gasteiger partial charge in [-0.2, -0.15) is 0 Å². The summed E-state index contributed by atoms with van der Waals surface area (Å²) in [5, 5.41) is 5.40. The fourth-order valence-corrected chi connectivity index (χ4v) is 4.32. The first-order chi connectivity index (χ1) is 12.4. The minimum Gasteiger partial charge on any atom is -0.348 e. The van der Waals surface area contributed by atoms with Crippen LogP contribution in [0.5, 0.6) is 0 Å². The van der Waals surface area contributed by atoms with Crippen molar-refractivity contribution < 1.29 is 18.0 Å². The van der Waals surface area contributed by atoms with E-state index in [1.54, 1.807) is 18.5 Å². The van der Waals surface area contributed by atoms with Crippen molar-refractivity contribution in [2.45, 2.75) is 19.0 Å². The average Bonchev–Trinajstić information content (AvgIpc) is 2.99. The molecule has 2 aromatic heterocycles. The zero-order valence-corrected chi connectivity index (χ0v) is 14.7. The number of amides is 2. The molecule has 2 amide bonds. The Morgan fingerprint density at radius 2 is 2.04 bits per heavy atom. The first kappa shape index (κ1) is 18.0. The van der Waals surface area contributed by atoms with Crippen molar-refractivity contribution in [3.63, 3.8) is 0 Å². The van der Waals surface area contributed by atoms with E-state index in [9.17, 15) is 18.0 Å². The van der Waals surface area contributed by atoms with Crippen LogP contribution in [0, 0.1) is 0 Å². The van der Waals surface area contributed by atoms with Crippen LogP contribution in [0.2, 0.25) is 0 Å². The van der Waals surface area contributed by atoms with Gasteiger partial charge in [-0.05, 0) is 30.2 Å². The van der Waals surface area contributed by atoms with E-state index in [-0.39, 0.29) is 22.8 Å². The highest BCUT2D eigenvalue weighted by Gasteiger charge is 2.29. The molecule has 1 atom stereocenters. The molecule has 1 saturated heterocycles. The number of pyridine rings is 2. The normalized spacial score (nSPS) is 18.2. The van der Waals surface area contributed by atoms with Crippen molar-refractivity contribution in [3.8, 4) is 0 Å². The molecule has 1 fully saturated rings. The molecule has 136 valence electrons. The van der Waals surface area contributed by atoms with Gasteiger partial charge in [0, 0.05) is 36.7 Å². The number of carbonyl (C=O) groups excluding carboxylic acids is 2. The Bertz CT molecular complexity index is 915. The number of carbonyl (C=O) groups is 2. The van der Waals surface area contributed by atoms with E-state index in [2.05, 4.69) is 20.6 Å². The lowest BCUT2D eigenvalue weighted by Crippen LogP contribution is -2.35. The van der Waals surface area contributed by atoms with Crippen LogP contribution in [0.15, 0.2) is 42.9 Å². The van der Waals surface area contributed by atoms with E-state index in [0.29, 0.717) is 13.0 Å². The first-order valence-corrected chi connectivity index (χ1v) is 9.89. The second kappa shape index (κ2) is 7.61. The molecular formula is C17H18N4O4S. The standard InChI is InChI=1S/C17H18N4O4S/c22-16(21-14-4-7-26(24,25)11-14)13-3-6-19-15(8-13)17(23)20-10-12-2-1-5-18-9-12/h1-3,5-6,8-9,14H,4,7,10-11H2,(H,20,23)(H,21,22). The van der Waals surface area contributed by atoms with Crippen molar-refractivity contribution in [2.24, 2.45) is 0 Å². The summed E-state index contributed by atoms with van der Waals surface area (Å²) in [5.74, 6) is -0.804. The van der Waals surface area contributed by atoms with Crippen LogP contribution in [0.25, 0.3) is 0 Å². The Morgan fingerprint density at radius 1 is 1.19 bits per heavy atom. The van der Waals surface area contributed by atoms with Crippen LogP contribution in [0.4, 0.5) is 0 Å². The minimum atomic E-state index is -3.07. The van der Waals surface area contributed by atoms with E-state index >= 15 is 0 Å². The molecule has 0 aromatic carbocycles. The molecule has 0 saturated carbocycles. The van der Waals surface area contributed by atoms with Crippen LogP contribution < -0.4 is 10.6 Å². The number of nitrogens with one attached hydrogen (secondary N) is 2. The van der Waals surface area contributed by atoms with Crippen molar-refractivity contribution in [1.29, 1.82) is 0 Å². The van der Waals surface area contributed by atoms with Gasteiger partial charge in [-0.3, -0.25) is 19.6 Å². The summed E-state index contributed by atoms with van der Waals surface area (Å²) in [6.45, 7) is 0.296. The number of hydrogen-bond acceptors (Lipinski definition) is 6. The summed E-state index contributed by atoms with van der Waals surface area (Å²) in [6.07, 6.45) is 5.06. The quantitative estimate of drug-likeness (QED) is 0.778.